The number of rotatable bonds is 3. The molecule has 0 spiro atoms. The second-order valence-corrected chi connectivity index (χ2v) is 10.2. The van der Waals surface area contributed by atoms with E-state index in [1.165, 1.54) is 16.9 Å². The molecule has 0 saturated heterocycles. The van der Waals surface area contributed by atoms with Gasteiger partial charge in [-0.25, -0.2) is 4.68 Å². The van der Waals surface area contributed by atoms with Gasteiger partial charge in [0.05, 0.1) is 22.4 Å². The highest BCUT2D eigenvalue weighted by atomic mass is 35.5. The summed E-state index contributed by atoms with van der Waals surface area (Å²) < 4.78 is 2.09. The van der Waals surface area contributed by atoms with Gasteiger partial charge in [-0.3, -0.25) is 0 Å². The second kappa shape index (κ2) is 7.34. The van der Waals surface area contributed by atoms with Gasteiger partial charge in [-0.05, 0) is 76.3 Å². The summed E-state index contributed by atoms with van der Waals surface area (Å²) in [5.41, 5.74) is 3.41. The Labute approximate surface area is 170 Å². The van der Waals surface area contributed by atoms with Crippen LogP contribution in [0, 0.1) is 0 Å². The molecule has 0 unspecified atom stereocenters. The highest BCUT2D eigenvalue weighted by Gasteiger charge is 2.29. The molecule has 4 nitrogen and oxygen atoms in total. The second-order valence-electron chi connectivity index (χ2n) is 8.68. The Balaban J connectivity index is 1.70. The maximum Gasteiger partial charge on any atom is 0.129 e. The van der Waals surface area contributed by atoms with Crippen molar-refractivity contribution in [2.24, 2.45) is 0 Å². The summed E-state index contributed by atoms with van der Waals surface area (Å²) in [7, 11) is 0. The van der Waals surface area contributed by atoms with E-state index in [9.17, 15) is 5.11 Å². The van der Waals surface area contributed by atoms with E-state index in [1.807, 2.05) is 17.8 Å². The standard InChI is InChI=1S/C21H28ClN3OS/c1-21(2,3)25-19(12-18(24-25)13-6-7-14(26)11-13)23-17-9-8-16(22)20-15(17)5-4-10-27-20/h8-9,12-14,23,26H,4-7,10-11H2,1-3H3/t13-,14+/m0/s1. The van der Waals surface area contributed by atoms with E-state index in [0.29, 0.717) is 5.92 Å². The van der Waals surface area contributed by atoms with Gasteiger partial charge in [0.2, 0.25) is 0 Å². The Morgan fingerprint density at radius 2 is 2.11 bits per heavy atom. The number of thioether (sulfide) groups is 1. The van der Waals surface area contributed by atoms with E-state index < -0.39 is 0 Å². The zero-order valence-electron chi connectivity index (χ0n) is 16.3. The van der Waals surface area contributed by atoms with E-state index in [1.54, 1.807) is 0 Å². The summed E-state index contributed by atoms with van der Waals surface area (Å²) in [4.78, 5) is 1.22. The maximum atomic E-state index is 9.93. The third kappa shape index (κ3) is 3.87. The molecule has 2 aliphatic rings. The number of hydrogen-bond acceptors (Lipinski definition) is 4. The van der Waals surface area contributed by atoms with Gasteiger partial charge in [0.1, 0.15) is 5.82 Å². The topological polar surface area (TPSA) is 50.1 Å². The highest BCUT2D eigenvalue weighted by molar-refractivity contribution is 7.99. The van der Waals surface area contributed by atoms with Crippen molar-refractivity contribution in [3.05, 3.63) is 34.5 Å². The first kappa shape index (κ1) is 19.2. The normalized spacial score (nSPS) is 22.7. The number of aliphatic hydroxyl groups is 1. The number of benzene rings is 1. The molecule has 1 aromatic heterocycles. The fourth-order valence-electron chi connectivity index (χ4n) is 4.11. The van der Waals surface area contributed by atoms with Gasteiger partial charge in [0.25, 0.3) is 0 Å². The molecule has 1 fully saturated rings. The average Bonchev–Trinajstić information content (AvgIpc) is 3.24. The number of nitrogens with one attached hydrogen (secondary N) is 1. The first-order valence-electron chi connectivity index (χ1n) is 9.82. The summed E-state index contributed by atoms with van der Waals surface area (Å²) in [5, 5.41) is 19.4. The minimum atomic E-state index is -0.188. The monoisotopic (exact) mass is 405 g/mol. The van der Waals surface area contributed by atoms with Gasteiger partial charge in [-0.2, -0.15) is 5.10 Å². The van der Waals surface area contributed by atoms with Crippen LogP contribution < -0.4 is 5.32 Å². The molecule has 6 heteroatoms. The van der Waals surface area contributed by atoms with Crippen LogP contribution in [0.2, 0.25) is 5.02 Å². The van der Waals surface area contributed by atoms with Crippen molar-refractivity contribution in [2.75, 3.05) is 11.1 Å². The van der Waals surface area contributed by atoms with Crippen molar-refractivity contribution < 1.29 is 5.11 Å². The summed E-state index contributed by atoms with van der Waals surface area (Å²) in [6.45, 7) is 6.52. The van der Waals surface area contributed by atoms with Crippen molar-refractivity contribution >= 4 is 34.9 Å². The van der Waals surface area contributed by atoms with Crippen LogP contribution in [-0.4, -0.2) is 26.7 Å². The molecule has 146 valence electrons. The lowest BCUT2D eigenvalue weighted by Crippen LogP contribution is -2.25. The van der Waals surface area contributed by atoms with Gasteiger partial charge in [-0.1, -0.05) is 11.6 Å². The molecule has 2 aromatic rings. The van der Waals surface area contributed by atoms with Crippen LogP contribution in [0.4, 0.5) is 11.5 Å². The molecule has 0 radical (unpaired) electrons. The highest BCUT2D eigenvalue weighted by Crippen LogP contribution is 2.41. The SMILES string of the molecule is CC(C)(C)n1nc([C@H]2CC[C@@H](O)C2)cc1Nc1ccc(Cl)c2c1CCCS2. The third-order valence-corrected chi connectivity index (χ3v) is 7.15. The smallest absolute Gasteiger partial charge is 0.129 e. The minimum Gasteiger partial charge on any atom is -0.393 e. The summed E-state index contributed by atoms with van der Waals surface area (Å²) in [5.74, 6) is 2.49. The minimum absolute atomic E-state index is 0.126. The lowest BCUT2D eigenvalue weighted by Gasteiger charge is -2.25. The number of halogens is 1. The predicted molar refractivity (Wildman–Crippen MR) is 114 cm³/mol. The van der Waals surface area contributed by atoms with Crippen molar-refractivity contribution in [3.63, 3.8) is 0 Å². The quantitative estimate of drug-likeness (QED) is 0.687. The lowest BCUT2D eigenvalue weighted by atomic mass is 10.0. The maximum absolute atomic E-state index is 9.93. The molecule has 4 rings (SSSR count). The van der Waals surface area contributed by atoms with Crippen LogP contribution in [0.3, 0.4) is 0 Å². The van der Waals surface area contributed by atoms with Gasteiger partial charge in [-0.15, -0.1) is 11.8 Å². The lowest BCUT2D eigenvalue weighted by molar-refractivity contribution is 0.181. The molecule has 1 aliphatic heterocycles. The number of nitrogens with zero attached hydrogens (tertiary/aromatic N) is 2. The zero-order valence-corrected chi connectivity index (χ0v) is 17.8. The molecule has 0 amide bonds. The van der Waals surface area contributed by atoms with E-state index in [2.05, 4.69) is 42.9 Å². The number of hydrogen-bond donors (Lipinski definition) is 2. The molecule has 2 N–H and O–H groups in total. The Morgan fingerprint density at radius 1 is 1.30 bits per heavy atom. The van der Waals surface area contributed by atoms with Crippen molar-refractivity contribution in [1.82, 2.24) is 9.78 Å². The fraction of sp³-hybridized carbons (Fsp3) is 0.571. The number of fused-ring (bicyclic) bond motifs is 1. The molecule has 1 saturated carbocycles. The summed E-state index contributed by atoms with van der Waals surface area (Å²) in [6.07, 6.45) is 4.74. The van der Waals surface area contributed by atoms with Crippen LogP contribution >= 0.6 is 23.4 Å². The fourth-order valence-corrected chi connectivity index (χ4v) is 5.53. The van der Waals surface area contributed by atoms with Gasteiger partial charge < -0.3 is 10.4 Å². The number of aromatic nitrogens is 2. The van der Waals surface area contributed by atoms with Gasteiger partial charge in [0, 0.05) is 22.6 Å². The van der Waals surface area contributed by atoms with E-state index in [0.717, 1.165) is 53.7 Å². The van der Waals surface area contributed by atoms with Gasteiger partial charge in [0.15, 0.2) is 0 Å². The predicted octanol–water partition coefficient (Wildman–Crippen LogP) is 5.70. The van der Waals surface area contributed by atoms with Crippen molar-refractivity contribution in [3.8, 4) is 0 Å². The Hall–Kier alpha value is -1.17. The molecule has 0 bridgehead atoms. The Bertz CT molecular complexity index is 843. The molecular formula is C21H28ClN3OS. The molecular weight excluding hydrogens is 378 g/mol. The first-order valence-corrected chi connectivity index (χ1v) is 11.2. The summed E-state index contributed by atoms with van der Waals surface area (Å²) >= 11 is 8.29. The zero-order chi connectivity index (χ0) is 19.2. The third-order valence-electron chi connectivity index (χ3n) is 5.48. The number of anilines is 2. The average molecular weight is 406 g/mol. The van der Waals surface area contributed by atoms with Crippen LogP contribution in [0.5, 0.6) is 0 Å². The molecule has 1 aliphatic carbocycles. The van der Waals surface area contributed by atoms with Crippen molar-refractivity contribution in [1.29, 1.82) is 0 Å². The van der Waals surface area contributed by atoms with Gasteiger partial charge >= 0.3 is 0 Å². The Morgan fingerprint density at radius 3 is 2.81 bits per heavy atom. The largest absolute Gasteiger partial charge is 0.393 e. The molecule has 2 heterocycles. The van der Waals surface area contributed by atoms with Crippen molar-refractivity contribution in [2.45, 2.75) is 75.3 Å². The van der Waals surface area contributed by atoms with Crippen LogP contribution in [0.15, 0.2) is 23.1 Å². The van der Waals surface area contributed by atoms with E-state index in [-0.39, 0.29) is 11.6 Å². The van der Waals surface area contributed by atoms with E-state index in [4.69, 9.17) is 16.7 Å². The first-order chi connectivity index (χ1) is 12.8. The van der Waals surface area contributed by atoms with Crippen LogP contribution in [0.25, 0.3) is 0 Å². The molecule has 2 atom stereocenters. The Kier molecular flexibility index (Phi) is 5.21. The number of aliphatic hydroxyl groups excluding tert-OH is 1. The van der Waals surface area contributed by atoms with Crippen LogP contribution in [-0.2, 0) is 12.0 Å². The van der Waals surface area contributed by atoms with E-state index >= 15 is 0 Å². The summed E-state index contributed by atoms with van der Waals surface area (Å²) in [6, 6.07) is 6.25. The molecule has 27 heavy (non-hydrogen) atoms. The molecule has 1 aromatic carbocycles. The van der Waals surface area contributed by atoms with Crippen LogP contribution in [0.1, 0.15) is 63.6 Å².